The summed E-state index contributed by atoms with van der Waals surface area (Å²) in [4.78, 5) is 10.1. The Bertz CT molecular complexity index is 749. The van der Waals surface area contributed by atoms with Gasteiger partial charge in [-0.3, -0.25) is 0 Å². The van der Waals surface area contributed by atoms with Crippen LogP contribution in [0.2, 0.25) is 10.0 Å². The Hall–Kier alpha value is -2.51. The van der Waals surface area contributed by atoms with Crippen LogP contribution >= 0.6 is 23.2 Å². The molecule has 9 heteroatoms. The summed E-state index contributed by atoms with van der Waals surface area (Å²) in [7, 11) is 0. The Balaban J connectivity index is 2.16. The summed E-state index contributed by atoms with van der Waals surface area (Å²) in [5.41, 5.74) is 3.37. The van der Waals surface area contributed by atoms with E-state index in [0.717, 1.165) is 0 Å². The first-order valence-electron chi connectivity index (χ1n) is 5.95. The Morgan fingerprint density at radius 1 is 1.09 bits per heavy atom. The van der Waals surface area contributed by atoms with E-state index in [-0.39, 0.29) is 0 Å². The molecule has 0 heterocycles. The van der Waals surface area contributed by atoms with Crippen LogP contribution in [-0.2, 0) is 0 Å². The van der Waals surface area contributed by atoms with E-state index in [1.165, 1.54) is 6.07 Å². The molecule has 0 fully saturated rings. The molecule has 0 aliphatic carbocycles. The Morgan fingerprint density at radius 3 is 2.41 bits per heavy atom. The minimum atomic E-state index is -0.758. The molecule has 2 aromatic carbocycles. The van der Waals surface area contributed by atoms with Gasteiger partial charge in [0, 0.05) is 15.1 Å². The molecule has 0 spiro atoms. The summed E-state index contributed by atoms with van der Waals surface area (Å²) < 4.78 is 0. The van der Waals surface area contributed by atoms with Crippen molar-refractivity contribution >= 4 is 40.5 Å². The first kappa shape index (κ1) is 15.9. The average molecular weight is 338 g/mol. The van der Waals surface area contributed by atoms with Crippen molar-refractivity contribution in [3.05, 3.63) is 68.7 Å². The number of azo groups is 1. The van der Waals surface area contributed by atoms with Crippen LogP contribution in [0, 0.1) is 10.1 Å². The molecule has 0 saturated heterocycles. The number of hydrazone groups is 1. The third kappa shape index (κ3) is 4.80. The molecular weight excluding hydrogens is 329 g/mol. The smallest absolute Gasteiger partial charge is 0.390 e. The quantitative estimate of drug-likeness (QED) is 0.288. The standard InChI is InChI=1S/C13H9Cl2N5O2/c14-9-3-1-5-11(7-9)16-18-13(20(21)22)19-17-12-6-2-4-10(15)8-12/h1-8,16H/b18-13-,19-17?. The van der Waals surface area contributed by atoms with Gasteiger partial charge in [0.05, 0.1) is 10.8 Å². The zero-order valence-corrected chi connectivity index (χ0v) is 12.5. The van der Waals surface area contributed by atoms with Crippen molar-refractivity contribution in [3.8, 4) is 0 Å². The van der Waals surface area contributed by atoms with Crippen molar-refractivity contribution in [2.75, 3.05) is 5.43 Å². The molecule has 0 aliphatic rings. The highest BCUT2D eigenvalue weighted by atomic mass is 35.5. The number of benzene rings is 2. The molecule has 0 amide bonds. The number of nitrogens with zero attached hydrogens (tertiary/aromatic N) is 4. The van der Waals surface area contributed by atoms with Crippen molar-refractivity contribution in [2.24, 2.45) is 15.3 Å². The van der Waals surface area contributed by atoms with E-state index >= 15 is 0 Å². The number of hydrogen-bond donors (Lipinski definition) is 1. The number of anilines is 1. The summed E-state index contributed by atoms with van der Waals surface area (Å²) in [6.45, 7) is 0. The van der Waals surface area contributed by atoms with Gasteiger partial charge in [0.1, 0.15) is 5.69 Å². The predicted molar refractivity (Wildman–Crippen MR) is 85.5 cm³/mol. The normalized spacial score (nSPS) is 11.6. The van der Waals surface area contributed by atoms with Gasteiger partial charge < -0.3 is 10.1 Å². The first-order chi connectivity index (χ1) is 10.5. The molecule has 0 aromatic heterocycles. The first-order valence-corrected chi connectivity index (χ1v) is 6.71. The number of rotatable bonds is 3. The molecule has 0 radical (unpaired) electrons. The third-order valence-corrected chi connectivity index (χ3v) is 2.81. The van der Waals surface area contributed by atoms with E-state index in [1.54, 1.807) is 42.5 Å². The summed E-state index contributed by atoms with van der Waals surface area (Å²) in [5.74, 6) is -0.694. The lowest BCUT2D eigenvalue weighted by atomic mass is 10.3. The predicted octanol–water partition coefficient (Wildman–Crippen LogP) is 4.74. The minimum absolute atomic E-state index is 0.379. The Morgan fingerprint density at radius 2 is 1.77 bits per heavy atom. The molecule has 2 aromatic rings. The second-order valence-corrected chi connectivity index (χ2v) is 4.84. The van der Waals surface area contributed by atoms with Crippen molar-refractivity contribution < 1.29 is 4.92 Å². The second-order valence-electron chi connectivity index (χ2n) is 3.97. The molecule has 2 rings (SSSR count). The highest BCUT2D eigenvalue weighted by Gasteiger charge is 2.12. The largest absolute Gasteiger partial charge is 0.511 e. The van der Waals surface area contributed by atoms with Crippen LogP contribution < -0.4 is 5.43 Å². The van der Waals surface area contributed by atoms with E-state index in [0.29, 0.717) is 21.4 Å². The van der Waals surface area contributed by atoms with E-state index in [4.69, 9.17) is 23.2 Å². The maximum Gasteiger partial charge on any atom is 0.511 e. The molecule has 0 saturated carbocycles. The summed E-state index contributed by atoms with van der Waals surface area (Å²) in [5, 5.41) is 22.6. The summed E-state index contributed by atoms with van der Waals surface area (Å²) >= 11 is 11.6. The van der Waals surface area contributed by atoms with Crippen LogP contribution in [0.1, 0.15) is 0 Å². The lowest BCUT2D eigenvalue weighted by Gasteiger charge is -1.97. The van der Waals surface area contributed by atoms with Crippen molar-refractivity contribution in [1.29, 1.82) is 0 Å². The molecule has 0 unspecified atom stereocenters. The van der Waals surface area contributed by atoms with Gasteiger partial charge in [-0.25, -0.2) is 5.43 Å². The zero-order valence-electron chi connectivity index (χ0n) is 11.0. The van der Waals surface area contributed by atoms with Crippen molar-refractivity contribution in [1.82, 2.24) is 0 Å². The highest BCUT2D eigenvalue weighted by molar-refractivity contribution is 6.31. The number of halogens is 2. The molecule has 22 heavy (non-hydrogen) atoms. The number of nitro groups is 1. The maximum atomic E-state index is 10.9. The average Bonchev–Trinajstić information content (AvgIpc) is 2.47. The SMILES string of the molecule is O=[N+]([O-])/C(N=Nc1cccc(Cl)c1)=N\Nc1cccc(Cl)c1. The van der Waals surface area contributed by atoms with Gasteiger partial charge in [0.15, 0.2) is 0 Å². The van der Waals surface area contributed by atoms with E-state index < -0.39 is 10.9 Å². The van der Waals surface area contributed by atoms with Crippen LogP contribution in [-0.4, -0.2) is 10.9 Å². The summed E-state index contributed by atoms with van der Waals surface area (Å²) in [6, 6.07) is 13.0. The number of guanidine groups is 1. The Kier molecular flexibility index (Phi) is 5.40. The topological polar surface area (TPSA) is 92.2 Å². The fourth-order valence-corrected chi connectivity index (χ4v) is 1.79. The monoisotopic (exact) mass is 337 g/mol. The minimum Gasteiger partial charge on any atom is -0.390 e. The van der Waals surface area contributed by atoms with Gasteiger partial charge in [0.2, 0.25) is 0 Å². The maximum absolute atomic E-state index is 10.9. The third-order valence-electron chi connectivity index (χ3n) is 2.34. The van der Waals surface area contributed by atoms with Gasteiger partial charge in [-0.2, -0.15) is 0 Å². The van der Waals surface area contributed by atoms with E-state index in [2.05, 4.69) is 20.8 Å². The van der Waals surface area contributed by atoms with E-state index in [9.17, 15) is 10.1 Å². The Labute approximate surface area is 135 Å². The fraction of sp³-hybridized carbons (Fsp3) is 0. The molecule has 0 aliphatic heterocycles. The lowest BCUT2D eigenvalue weighted by Crippen LogP contribution is -2.10. The van der Waals surface area contributed by atoms with Crippen molar-refractivity contribution in [3.63, 3.8) is 0 Å². The zero-order chi connectivity index (χ0) is 15.9. The highest BCUT2D eigenvalue weighted by Crippen LogP contribution is 2.18. The van der Waals surface area contributed by atoms with Gasteiger partial charge >= 0.3 is 5.96 Å². The molecule has 112 valence electrons. The van der Waals surface area contributed by atoms with Crippen LogP contribution in [0.15, 0.2) is 63.9 Å². The second kappa shape index (κ2) is 7.48. The van der Waals surface area contributed by atoms with Gasteiger partial charge in [-0.1, -0.05) is 40.4 Å². The van der Waals surface area contributed by atoms with E-state index in [1.807, 2.05) is 0 Å². The van der Waals surface area contributed by atoms with Gasteiger partial charge in [-0.05, 0) is 41.3 Å². The molecule has 0 bridgehead atoms. The molecular formula is C13H9Cl2N5O2. The van der Waals surface area contributed by atoms with Crippen LogP contribution in [0.25, 0.3) is 0 Å². The van der Waals surface area contributed by atoms with Crippen LogP contribution in [0.5, 0.6) is 0 Å². The summed E-state index contributed by atoms with van der Waals surface area (Å²) in [6.07, 6.45) is 0. The molecule has 0 atom stereocenters. The van der Waals surface area contributed by atoms with Crippen LogP contribution in [0.4, 0.5) is 11.4 Å². The molecule has 7 nitrogen and oxygen atoms in total. The fourth-order valence-electron chi connectivity index (χ4n) is 1.41. The van der Waals surface area contributed by atoms with Crippen LogP contribution in [0.3, 0.4) is 0 Å². The molecule has 1 N–H and O–H groups in total. The van der Waals surface area contributed by atoms with Crippen molar-refractivity contribution in [2.45, 2.75) is 0 Å². The number of hydrogen-bond acceptors (Lipinski definition) is 5. The number of nitrogens with one attached hydrogen (secondary N) is 1. The van der Waals surface area contributed by atoms with Gasteiger partial charge in [-0.15, -0.1) is 0 Å². The van der Waals surface area contributed by atoms with Gasteiger partial charge in [0.25, 0.3) is 0 Å². The lowest BCUT2D eigenvalue weighted by molar-refractivity contribution is -0.352.